The summed E-state index contributed by atoms with van der Waals surface area (Å²) in [6.07, 6.45) is 12.9. The van der Waals surface area contributed by atoms with Crippen molar-refractivity contribution in [3.63, 3.8) is 0 Å². The SMILES string of the molecule is CC(C)(C)O[C@H]1CC[C@@]2(C)[C@@H](CC[C@@H]3[C@@H]2CC[C@]2(C)[C@@H](c4ccc5c(c4)CN=C5N)CC[C@@H]32)C1. The molecule has 0 amide bonds. The van der Waals surface area contributed by atoms with E-state index in [0.29, 0.717) is 22.9 Å². The Morgan fingerprint density at radius 3 is 2.50 bits per heavy atom. The predicted octanol–water partition coefficient (Wildman–Crippen LogP) is 7.22. The van der Waals surface area contributed by atoms with Crippen LogP contribution in [-0.2, 0) is 11.3 Å². The van der Waals surface area contributed by atoms with Gasteiger partial charge in [0.2, 0.25) is 0 Å². The molecule has 0 unspecified atom stereocenters. The molecule has 1 aliphatic heterocycles. The number of amidine groups is 1. The van der Waals surface area contributed by atoms with Crippen molar-refractivity contribution >= 4 is 5.84 Å². The molecular weight excluding hydrogens is 416 g/mol. The summed E-state index contributed by atoms with van der Waals surface area (Å²) in [4.78, 5) is 4.48. The number of ether oxygens (including phenoxy) is 1. The first kappa shape index (κ1) is 23.1. The van der Waals surface area contributed by atoms with Crippen LogP contribution in [0.15, 0.2) is 23.2 Å². The average molecular weight is 463 g/mol. The van der Waals surface area contributed by atoms with E-state index in [1.165, 1.54) is 68.9 Å². The maximum atomic E-state index is 6.48. The summed E-state index contributed by atoms with van der Waals surface area (Å²) in [5, 5.41) is 0. The van der Waals surface area contributed by atoms with Crippen LogP contribution < -0.4 is 5.73 Å². The smallest absolute Gasteiger partial charge is 0.126 e. The zero-order valence-corrected chi connectivity index (χ0v) is 22.2. The minimum Gasteiger partial charge on any atom is -0.383 e. The molecule has 1 aromatic carbocycles. The van der Waals surface area contributed by atoms with Gasteiger partial charge in [0.05, 0.1) is 18.2 Å². The van der Waals surface area contributed by atoms with Gasteiger partial charge in [0.15, 0.2) is 0 Å². The van der Waals surface area contributed by atoms with Gasteiger partial charge in [-0.1, -0.05) is 32.0 Å². The largest absolute Gasteiger partial charge is 0.383 e. The first-order valence-electron chi connectivity index (χ1n) is 14.2. The zero-order valence-electron chi connectivity index (χ0n) is 22.2. The van der Waals surface area contributed by atoms with Gasteiger partial charge in [-0.05, 0) is 130 Å². The van der Waals surface area contributed by atoms with Gasteiger partial charge in [-0.3, -0.25) is 4.99 Å². The Morgan fingerprint density at radius 2 is 1.71 bits per heavy atom. The minimum atomic E-state index is -0.0173. The molecular formula is C31H46N2O. The Bertz CT molecular complexity index is 992. The summed E-state index contributed by atoms with van der Waals surface area (Å²) in [7, 11) is 0. The standard InChI is InChI=1S/C31H46N2O/c1-29(2,3)34-22-12-14-30(4)21(17-22)7-9-24-26-11-10-25(31(26,5)15-13-27(24)30)19-6-8-23-20(16-19)18-33-28(23)32/h6,8,16,21-22,24-27H,7,9-15,17-18H2,1-5H3,(H2,32,33)/t21-,22-,24-,25+,26-,27-,30-,31+/m0/s1. The second-order valence-corrected chi connectivity index (χ2v) is 14.1. The van der Waals surface area contributed by atoms with Crippen molar-refractivity contribution in [2.45, 2.75) is 117 Å². The molecule has 0 spiro atoms. The van der Waals surface area contributed by atoms with Crippen molar-refractivity contribution in [2.24, 2.45) is 45.2 Å². The fourth-order valence-corrected chi connectivity index (χ4v) is 9.84. The summed E-state index contributed by atoms with van der Waals surface area (Å²) in [5.74, 6) is 5.04. The van der Waals surface area contributed by atoms with E-state index in [9.17, 15) is 0 Å². The number of rotatable bonds is 2. The molecule has 34 heavy (non-hydrogen) atoms. The van der Waals surface area contributed by atoms with E-state index in [4.69, 9.17) is 10.5 Å². The lowest BCUT2D eigenvalue weighted by atomic mass is 9.44. The Labute approximate surface area is 207 Å². The van der Waals surface area contributed by atoms with E-state index in [0.717, 1.165) is 36.1 Å². The van der Waals surface area contributed by atoms with Gasteiger partial charge in [0.25, 0.3) is 0 Å². The lowest BCUT2D eigenvalue weighted by Gasteiger charge is -2.61. The van der Waals surface area contributed by atoms with Gasteiger partial charge in [0.1, 0.15) is 5.84 Å². The van der Waals surface area contributed by atoms with Gasteiger partial charge in [0, 0.05) is 5.56 Å². The van der Waals surface area contributed by atoms with Gasteiger partial charge in [-0.15, -0.1) is 0 Å². The lowest BCUT2D eigenvalue weighted by Crippen LogP contribution is -2.54. The molecule has 6 rings (SSSR count). The maximum absolute atomic E-state index is 6.48. The molecule has 4 saturated carbocycles. The van der Waals surface area contributed by atoms with Crippen molar-refractivity contribution in [1.82, 2.24) is 0 Å². The van der Waals surface area contributed by atoms with Crippen LogP contribution in [0.5, 0.6) is 0 Å². The van der Waals surface area contributed by atoms with E-state index in [1.54, 1.807) is 5.56 Å². The fourth-order valence-electron chi connectivity index (χ4n) is 9.84. The second-order valence-electron chi connectivity index (χ2n) is 14.1. The summed E-state index contributed by atoms with van der Waals surface area (Å²) in [5.41, 5.74) is 11.1. The van der Waals surface area contributed by atoms with Gasteiger partial charge in [-0.25, -0.2) is 0 Å². The van der Waals surface area contributed by atoms with Crippen molar-refractivity contribution in [1.29, 1.82) is 0 Å². The Morgan fingerprint density at radius 1 is 0.941 bits per heavy atom. The first-order chi connectivity index (χ1) is 16.1. The van der Waals surface area contributed by atoms with Crippen molar-refractivity contribution in [3.8, 4) is 0 Å². The summed E-state index contributed by atoms with van der Waals surface area (Å²) in [6, 6.07) is 7.09. The van der Waals surface area contributed by atoms with Gasteiger partial charge >= 0.3 is 0 Å². The number of nitrogens with two attached hydrogens (primary N) is 1. The normalized spacial score (nSPS) is 43.5. The van der Waals surface area contributed by atoms with Gasteiger partial charge < -0.3 is 10.5 Å². The van der Waals surface area contributed by atoms with Crippen LogP contribution >= 0.6 is 0 Å². The van der Waals surface area contributed by atoms with Crippen LogP contribution in [0.2, 0.25) is 0 Å². The van der Waals surface area contributed by atoms with E-state index in [-0.39, 0.29) is 5.60 Å². The Hall–Kier alpha value is -1.35. The molecule has 0 saturated heterocycles. The molecule has 5 aliphatic rings. The molecule has 1 aromatic rings. The number of hydrogen-bond donors (Lipinski definition) is 1. The molecule has 186 valence electrons. The predicted molar refractivity (Wildman–Crippen MR) is 140 cm³/mol. The Kier molecular flexibility index (Phi) is 5.31. The minimum absolute atomic E-state index is 0.0173. The quantitative estimate of drug-likeness (QED) is 0.504. The third-order valence-electron chi connectivity index (χ3n) is 11.4. The highest BCUT2D eigenvalue weighted by molar-refractivity contribution is 6.00. The number of benzene rings is 1. The highest BCUT2D eigenvalue weighted by atomic mass is 16.5. The highest BCUT2D eigenvalue weighted by Crippen LogP contribution is 2.69. The third-order valence-corrected chi connectivity index (χ3v) is 11.4. The summed E-state index contributed by atoms with van der Waals surface area (Å²) in [6.45, 7) is 12.8. The molecule has 8 atom stereocenters. The highest BCUT2D eigenvalue weighted by Gasteiger charge is 2.60. The molecule has 0 aromatic heterocycles. The maximum Gasteiger partial charge on any atom is 0.126 e. The lowest BCUT2D eigenvalue weighted by molar-refractivity contribution is -0.152. The average Bonchev–Trinajstić information content (AvgIpc) is 3.32. The molecule has 3 heteroatoms. The number of hydrogen-bond acceptors (Lipinski definition) is 3. The van der Waals surface area contributed by atoms with Crippen molar-refractivity contribution in [2.75, 3.05) is 0 Å². The van der Waals surface area contributed by atoms with Crippen LogP contribution in [0.25, 0.3) is 0 Å². The number of aliphatic imine (C=N–C) groups is 1. The molecule has 3 nitrogen and oxygen atoms in total. The number of fused-ring (bicyclic) bond motifs is 6. The molecule has 2 N–H and O–H groups in total. The van der Waals surface area contributed by atoms with Crippen molar-refractivity contribution in [3.05, 3.63) is 34.9 Å². The first-order valence-corrected chi connectivity index (χ1v) is 14.2. The van der Waals surface area contributed by atoms with E-state index in [1.807, 2.05) is 0 Å². The molecule has 0 radical (unpaired) electrons. The summed E-state index contributed by atoms with van der Waals surface area (Å²) >= 11 is 0. The molecule has 1 heterocycles. The van der Waals surface area contributed by atoms with Crippen LogP contribution in [-0.4, -0.2) is 17.5 Å². The van der Waals surface area contributed by atoms with Gasteiger partial charge in [-0.2, -0.15) is 0 Å². The van der Waals surface area contributed by atoms with Crippen LogP contribution in [0, 0.1) is 34.5 Å². The van der Waals surface area contributed by atoms with E-state index in [2.05, 4.69) is 57.8 Å². The van der Waals surface area contributed by atoms with Crippen LogP contribution in [0.3, 0.4) is 0 Å². The van der Waals surface area contributed by atoms with E-state index < -0.39 is 0 Å². The van der Waals surface area contributed by atoms with Crippen LogP contribution in [0.4, 0.5) is 0 Å². The summed E-state index contributed by atoms with van der Waals surface area (Å²) < 4.78 is 6.48. The Balaban J connectivity index is 1.21. The zero-order chi connectivity index (χ0) is 23.9. The second kappa shape index (κ2) is 7.82. The third kappa shape index (κ3) is 3.51. The van der Waals surface area contributed by atoms with Crippen LogP contribution in [0.1, 0.15) is 115 Å². The molecule has 4 aliphatic carbocycles. The molecule has 4 fully saturated rings. The monoisotopic (exact) mass is 462 g/mol. The number of nitrogens with zero attached hydrogens (tertiary/aromatic N) is 1. The molecule has 0 bridgehead atoms. The topological polar surface area (TPSA) is 47.6 Å². The fraction of sp³-hybridized carbons (Fsp3) is 0.774. The van der Waals surface area contributed by atoms with E-state index >= 15 is 0 Å². The van der Waals surface area contributed by atoms with Crippen molar-refractivity contribution < 1.29 is 4.74 Å².